The third kappa shape index (κ3) is 3.69. The minimum atomic E-state index is 0.502. The second-order valence-electron chi connectivity index (χ2n) is 5.40. The molecule has 1 saturated carbocycles. The molecule has 0 bridgehead atoms. The van der Waals surface area contributed by atoms with E-state index in [1.54, 1.807) is 6.20 Å². The summed E-state index contributed by atoms with van der Waals surface area (Å²) in [7, 11) is 0. The van der Waals surface area contributed by atoms with E-state index in [4.69, 9.17) is 0 Å². The Labute approximate surface area is 132 Å². The fourth-order valence-corrected chi connectivity index (χ4v) is 3.14. The van der Waals surface area contributed by atoms with Crippen LogP contribution < -0.4 is 10.6 Å². The summed E-state index contributed by atoms with van der Waals surface area (Å²) in [5.41, 5.74) is 2.13. The number of hydrogen-bond acceptors (Lipinski definition) is 5. The van der Waals surface area contributed by atoms with Crippen molar-refractivity contribution in [2.24, 2.45) is 0 Å². The van der Waals surface area contributed by atoms with Crippen LogP contribution in [0.3, 0.4) is 0 Å². The Balaban J connectivity index is 1.73. The van der Waals surface area contributed by atoms with Gasteiger partial charge in [0.1, 0.15) is 0 Å². The molecule has 0 unspecified atom stereocenters. The Kier molecular flexibility index (Phi) is 4.34. The SMILES string of the molecule is Cc1ccc(Nc2nncc(NC3CCCC3)n2)c(Br)c1. The van der Waals surface area contributed by atoms with Crippen LogP contribution >= 0.6 is 15.9 Å². The summed E-state index contributed by atoms with van der Waals surface area (Å²) in [6, 6.07) is 6.61. The van der Waals surface area contributed by atoms with Gasteiger partial charge < -0.3 is 10.6 Å². The monoisotopic (exact) mass is 347 g/mol. The van der Waals surface area contributed by atoms with Gasteiger partial charge in [-0.2, -0.15) is 10.1 Å². The van der Waals surface area contributed by atoms with Gasteiger partial charge in [0.05, 0.1) is 11.9 Å². The van der Waals surface area contributed by atoms with Crippen LogP contribution in [0.25, 0.3) is 0 Å². The van der Waals surface area contributed by atoms with Gasteiger partial charge in [0.25, 0.3) is 0 Å². The van der Waals surface area contributed by atoms with Crippen molar-refractivity contribution >= 4 is 33.4 Å². The lowest BCUT2D eigenvalue weighted by atomic mass is 10.2. The molecule has 0 spiro atoms. The zero-order valence-electron chi connectivity index (χ0n) is 11.9. The van der Waals surface area contributed by atoms with Crippen LogP contribution in [-0.4, -0.2) is 21.2 Å². The maximum absolute atomic E-state index is 4.48. The zero-order valence-corrected chi connectivity index (χ0v) is 13.5. The molecule has 0 radical (unpaired) electrons. The summed E-state index contributed by atoms with van der Waals surface area (Å²) < 4.78 is 0.986. The first-order valence-corrected chi connectivity index (χ1v) is 7.99. The fraction of sp³-hybridized carbons (Fsp3) is 0.400. The summed E-state index contributed by atoms with van der Waals surface area (Å²) in [4.78, 5) is 4.48. The fourth-order valence-electron chi connectivity index (χ4n) is 2.55. The Morgan fingerprint density at radius 1 is 1.24 bits per heavy atom. The number of rotatable bonds is 4. The minimum absolute atomic E-state index is 0.502. The topological polar surface area (TPSA) is 62.7 Å². The molecule has 1 heterocycles. The standard InChI is InChI=1S/C15H18BrN5/c1-10-6-7-13(12(16)8-10)19-15-20-14(9-17-21-15)18-11-4-2-3-5-11/h6-9,11H,2-5H2,1H3,(H2,18,19,20,21). The first-order chi connectivity index (χ1) is 10.2. The van der Waals surface area contributed by atoms with Crippen LogP contribution in [0, 0.1) is 6.92 Å². The molecule has 0 amide bonds. The van der Waals surface area contributed by atoms with E-state index in [-0.39, 0.29) is 0 Å². The smallest absolute Gasteiger partial charge is 0.249 e. The number of aryl methyl sites for hydroxylation is 1. The number of anilines is 3. The van der Waals surface area contributed by atoms with E-state index in [1.165, 1.54) is 31.2 Å². The third-order valence-electron chi connectivity index (χ3n) is 3.64. The molecule has 0 atom stereocenters. The molecule has 110 valence electrons. The van der Waals surface area contributed by atoms with Crippen LogP contribution in [-0.2, 0) is 0 Å². The minimum Gasteiger partial charge on any atom is -0.366 e. The largest absolute Gasteiger partial charge is 0.366 e. The summed E-state index contributed by atoms with van der Waals surface area (Å²) in [5, 5.41) is 14.7. The third-order valence-corrected chi connectivity index (χ3v) is 4.29. The predicted molar refractivity (Wildman–Crippen MR) is 87.9 cm³/mol. The molecule has 3 rings (SSSR count). The van der Waals surface area contributed by atoms with Crippen molar-refractivity contribution in [3.8, 4) is 0 Å². The molecule has 21 heavy (non-hydrogen) atoms. The highest BCUT2D eigenvalue weighted by Gasteiger charge is 2.15. The second-order valence-corrected chi connectivity index (χ2v) is 6.25. The summed E-state index contributed by atoms with van der Waals surface area (Å²) >= 11 is 3.54. The maximum Gasteiger partial charge on any atom is 0.249 e. The highest BCUT2D eigenvalue weighted by Crippen LogP contribution is 2.26. The van der Waals surface area contributed by atoms with Gasteiger partial charge in [-0.15, -0.1) is 5.10 Å². The van der Waals surface area contributed by atoms with Crippen molar-refractivity contribution in [3.63, 3.8) is 0 Å². The van der Waals surface area contributed by atoms with Crippen molar-refractivity contribution in [1.29, 1.82) is 0 Å². The van der Waals surface area contributed by atoms with Crippen LogP contribution in [0.1, 0.15) is 31.2 Å². The Morgan fingerprint density at radius 2 is 2.05 bits per heavy atom. The van der Waals surface area contributed by atoms with Gasteiger partial charge in [-0.1, -0.05) is 18.9 Å². The highest BCUT2D eigenvalue weighted by molar-refractivity contribution is 9.10. The first kappa shape index (κ1) is 14.3. The zero-order chi connectivity index (χ0) is 14.7. The van der Waals surface area contributed by atoms with Crippen LogP contribution in [0.4, 0.5) is 17.5 Å². The Hall–Kier alpha value is -1.69. The van der Waals surface area contributed by atoms with Gasteiger partial charge >= 0.3 is 0 Å². The van der Waals surface area contributed by atoms with Crippen molar-refractivity contribution in [2.75, 3.05) is 10.6 Å². The van der Waals surface area contributed by atoms with Gasteiger partial charge in [-0.25, -0.2) is 0 Å². The molecule has 6 heteroatoms. The lowest BCUT2D eigenvalue weighted by Crippen LogP contribution is -2.16. The Bertz CT molecular complexity index is 625. The lowest BCUT2D eigenvalue weighted by molar-refractivity contribution is 0.747. The molecule has 1 fully saturated rings. The molecular weight excluding hydrogens is 330 g/mol. The van der Waals surface area contributed by atoms with Gasteiger partial charge in [0, 0.05) is 10.5 Å². The molecule has 0 saturated heterocycles. The van der Waals surface area contributed by atoms with Gasteiger partial charge in [-0.05, 0) is 53.4 Å². The van der Waals surface area contributed by atoms with E-state index in [1.807, 2.05) is 12.1 Å². The van der Waals surface area contributed by atoms with E-state index < -0.39 is 0 Å². The average Bonchev–Trinajstić information content (AvgIpc) is 2.95. The van der Waals surface area contributed by atoms with Crippen LogP contribution in [0.2, 0.25) is 0 Å². The number of benzene rings is 1. The predicted octanol–water partition coefficient (Wildman–Crippen LogP) is 4.04. The van der Waals surface area contributed by atoms with E-state index in [9.17, 15) is 0 Å². The van der Waals surface area contributed by atoms with Gasteiger partial charge in [0.15, 0.2) is 5.82 Å². The average molecular weight is 348 g/mol. The summed E-state index contributed by atoms with van der Waals surface area (Å²) in [6.45, 7) is 2.05. The quantitative estimate of drug-likeness (QED) is 0.873. The van der Waals surface area contributed by atoms with E-state index in [0.29, 0.717) is 12.0 Å². The Morgan fingerprint density at radius 3 is 2.81 bits per heavy atom. The number of aromatic nitrogens is 3. The molecule has 0 aliphatic heterocycles. The van der Waals surface area contributed by atoms with Crippen molar-refractivity contribution in [2.45, 2.75) is 38.6 Å². The van der Waals surface area contributed by atoms with Gasteiger partial charge in [-0.3, -0.25) is 0 Å². The van der Waals surface area contributed by atoms with E-state index in [2.05, 4.69) is 54.7 Å². The number of halogens is 1. The molecule has 1 aromatic heterocycles. The number of nitrogens with zero attached hydrogens (tertiary/aromatic N) is 3. The van der Waals surface area contributed by atoms with Crippen molar-refractivity contribution < 1.29 is 0 Å². The van der Waals surface area contributed by atoms with E-state index >= 15 is 0 Å². The summed E-state index contributed by atoms with van der Waals surface area (Å²) in [6.07, 6.45) is 6.66. The van der Waals surface area contributed by atoms with Crippen LogP contribution in [0.15, 0.2) is 28.9 Å². The maximum atomic E-state index is 4.48. The highest BCUT2D eigenvalue weighted by atomic mass is 79.9. The lowest BCUT2D eigenvalue weighted by Gasteiger charge is -2.13. The number of hydrogen-bond donors (Lipinski definition) is 2. The molecule has 2 N–H and O–H groups in total. The number of nitrogens with one attached hydrogen (secondary N) is 2. The molecule has 2 aromatic rings. The van der Waals surface area contributed by atoms with Gasteiger partial charge in [0.2, 0.25) is 5.95 Å². The molecule has 5 nitrogen and oxygen atoms in total. The summed E-state index contributed by atoms with van der Waals surface area (Å²) in [5.74, 6) is 1.28. The normalized spacial score (nSPS) is 15.1. The first-order valence-electron chi connectivity index (χ1n) is 7.20. The van der Waals surface area contributed by atoms with Crippen LogP contribution in [0.5, 0.6) is 0 Å². The van der Waals surface area contributed by atoms with E-state index in [0.717, 1.165) is 16.0 Å². The van der Waals surface area contributed by atoms with Crippen molar-refractivity contribution in [3.05, 3.63) is 34.4 Å². The molecule has 1 aliphatic rings. The molecule has 1 aromatic carbocycles. The molecule has 1 aliphatic carbocycles. The second kappa shape index (κ2) is 6.39. The molecular formula is C15H18BrN5. The van der Waals surface area contributed by atoms with Crippen molar-refractivity contribution in [1.82, 2.24) is 15.2 Å².